The van der Waals surface area contributed by atoms with E-state index in [0.29, 0.717) is 18.0 Å². The van der Waals surface area contributed by atoms with Crippen molar-refractivity contribution < 1.29 is 9.47 Å². The summed E-state index contributed by atoms with van der Waals surface area (Å²) in [5.74, 6) is 1.22. The quantitative estimate of drug-likeness (QED) is 0.875. The smallest absolute Gasteiger partial charge is 0.328 e. The molecule has 6 heteroatoms. The normalized spacial score (nSPS) is 10.2. The molecule has 0 radical (unpaired) electrons. The van der Waals surface area contributed by atoms with E-state index in [1.807, 2.05) is 6.07 Å². The minimum atomic E-state index is -0.442. The van der Waals surface area contributed by atoms with Crippen LogP contribution in [0.2, 0.25) is 0 Å². The van der Waals surface area contributed by atoms with E-state index in [-0.39, 0.29) is 0 Å². The van der Waals surface area contributed by atoms with Gasteiger partial charge in [-0.05, 0) is 17.7 Å². The maximum absolute atomic E-state index is 11.6. The third-order valence-electron chi connectivity index (χ3n) is 2.70. The molecule has 0 aliphatic heterocycles. The molecule has 1 aromatic heterocycles. The molecule has 0 saturated heterocycles. The van der Waals surface area contributed by atoms with Gasteiger partial charge < -0.3 is 9.47 Å². The molecule has 0 amide bonds. The summed E-state index contributed by atoms with van der Waals surface area (Å²) in [7, 11) is 3.11. The number of ether oxygens (including phenoxy) is 2. The van der Waals surface area contributed by atoms with E-state index in [9.17, 15) is 9.59 Å². The Morgan fingerprint density at radius 2 is 1.84 bits per heavy atom. The zero-order valence-electron chi connectivity index (χ0n) is 10.7. The standard InChI is InChI=1S/C13H14N2O4/c1-18-10-4-3-9(7-11(10)19-2)8-15-6-5-12(16)14-13(15)17/h3-7H,8H2,1-2H3,(H,14,16,17). The molecule has 1 heterocycles. The molecular formula is C13H14N2O4. The molecule has 0 unspecified atom stereocenters. The highest BCUT2D eigenvalue weighted by Gasteiger charge is 2.05. The van der Waals surface area contributed by atoms with Crippen molar-refractivity contribution in [3.8, 4) is 11.5 Å². The number of nitrogens with zero attached hydrogens (tertiary/aromatic N) is 1. The number of aromatic amines is 1. The lowest BCUT2D eigenvalue weighted by Crippen LogP contribution is -2.28. The minimum absolute atomic E-state index is 0.343. The summed E-state index contributed by atoms with van der Waals surface area (Å²) in [4.78, 5) is 24.8. The van der Waals surface area contributed by atoms with E-state index in [4.69, 9.17) is 9.47 Å². The van der Waals surface area contributed by atoms with Crippen LogP contribution in [-0.4, -0.2) is 23.8 Å². The second-order valence-electron chi connectivity index (χ2n) is 3.93. The summed E-state index contributed by atoms with van der Waals surface area (Å²) < 4.78 is 11.7. The van der Waals surface area contributed by atoms with Gasteiger partial charge in [-0.1, -0.05) is 6.07 Å². The summed E-state index contributed by atoms with van der Waals surface area (Å²) in [6, 6.07) is 6.70. The van der Waals surface area contributed by atoms with Crippen LogP contribution in [0.3, 0.4) is 0 Å². The molecule has 0 bridgehead atoms. The molecule has 2 rings (SSSR count). The molecule has 0 spiro atoms. The first kappa shape index (κ1) is 12.9. The van der Waals surface area contributed by atoms with E-state index in [0.717, 1.165) is 5.56 Å². The third kappa shape index (κ3) is 2.85. The van der Waals surface area contributed by atoms with Crippen LogP contribution in [0.15, 0.2) is 40.1 Å². The number of H-pyrrole nitrogens is 1. The van der Waals surface area contributed by atoms with E-state index in [1.54, 1.807) is 26.4 Å². The Morgan fingerprint density at radius 1 is 1.11 bits per heavy atom. The summed E-state index contributed by atoms with van der Waals surface area (Å²) in [6.45, 7) is 0.343. The first-order chi connectivity index (χ1) is 9.13. The number of hydrogen-bond donors (Lipinski definition) is 1. The summed E-state index contributed by atoms with van der Waals surface area (Å²) in [5, 5.41) is 0. The van der Waals surface area contributed by atoms with Gasteiger partial charge in [-0.3, -0.25) is 14.3 Å². The fourth-order valence-corrected chi connectivity index (χ4v) is 1.74. The molecule has 1 N–H and O–H groups in total. The molecule has 0 aliphatic carbocycles. The fourth-order valence-electron chi connectivity index (χ4n) is 1.74. The van der Waals surface area contributed by atoms with Crippen LogP contribution in [0.25, 0.3) is 0 Å². The van der Waals surface area contributed by atoms with Crippen molar-refractivity contribution in [3.63, 3.8) is 0 Å². The Balaban J connectivity index is 2.33. The van der Waals surface area contributed by atoms with E-state index in [2.05, 4.69) is 4.98 Å². The van der Waals surface area contributed by atoms with Gasteiger partial charge in [0.15, 0.2) is 11.5 Å². The third-order valence-corrected chi connectivity index (χ3v) is 2.70. The number of hydrogen-bond acceptors (Lipinski definition) is 4. The van der Waals surface area contributed by atoms with Crippen LogP contribution in [0.4, 0.5) is 0 Å². The number of benzene rings is 1. The molecular weight excluding hydrogens is 248 g/mol. The molecule has 6 nitrogen and oxygen atoms in total. The SMILES string of the molecule is COc1ccc(Cn2ccc(=O)[nH]c2=O)cc1OC. The van der Waals surface area contributed by atoms with Gasteiger partial charge in [-0.15, -0.1) is 0 Å². The van der Waals surface area contributed by atoms with Crippen LogP contribution in [0.5, 0.6) is 11.5 Å². The molecule has 2 aromatic rings. The molecule has 0 saturated carbocycles. The van der Waals surface area contributed by atoms with Crippen molar-refractivity contribution in [2.75, 3.05) is 14.2 Å². The topological polar surface area (TPSA) is 73.3 Å². The summed E-state index contributed by atoms with van der Waals surface area (Å²) >= 11 is 0. The Bertz CT molecular complexity index is 688. The highest BCUT2D eigenvalue weighted by molar-refractivity contribution is 5.42. The van der Waals surface area contributed by atoms with Crippen molar-refractivity contribution in [1.82, 2.24) is 9.55 Å². The predicted molar refractivity (Wildman–Crippen MR) is 70.0 cm³/mol. The van der Waals surface area contributed by atoms with Crippen LogP contribution in [0.1, 0.15) is 5.56 Å². The molecule has 0 atom stereocenters. The minimum Gasteiger partial charge on any atom is -0.493 e. The van der Waals surface area contributed by atoms with Gasteiger partial charge in [0, 0.05) is 12.3 Å². The molecule has 0 fully saturated rings. The summed E-state index contributed by atoms with van der Waals surface area (Å²) in [5.41, 5.74) is 0.0163. The van der Waals surface area contributed by atoms with E-state index >= 15 is 0 Å². The number of methoxy groups -OCH3 is 2. The molecule has 1 aromatic carbocycles. The molecule has 100 valence electrons. The van der Waals surface area contributed by atoms with Crippen molar-refractivity contribution >= 4 is 0 Å². The van der Waals surface area contributed by atoms with Crippen LogP contribution < -0.4 is 20.7 Å². The molecule has 0 aliphatic rings. The van der Waals surface area contributed by atoms with Crippen molar-refractivity contribution in [2.24, 2.45) is 0 Å². The van der Waals surface area contributed by atoms with Crippen molar-refractivity contribution in [3.05, 3.63) is 56.9 Å². The fraction of sp³-hybridized carbons (Fsp3) is 0.231. The second kappa shape index (κ2) is 5.43. The van der Waals surface area contributed by atoms with Gasteiger partial charge in [-0.25, -0.2) is 4.79 Å². The highest BCUT2D eigenvalue weighted by Crippen LogP contribution is 2.27. The van der Waals surface area contributed by atoms with Crippen molar-refractivity contribution in [1.29, 1.82) is 0 Å². The van der Waals surface area contributed by atoms with Gasteiger partial charge >= 0.3 is 5.69 Å². The van der Waals surface area contributed by atoms with Gasteiger partial charge in [0.25, 0.3) is 5.56 Å². The van der Waals surface area contributed by atoms with Crippen LogP contribution >= 0.6 is 0 Å². The largest absolute Gasteiger partial charge is 0.493 e. The number of nitrogens with one attached hydrogen (secondary N) is 1. The lowest BCUT2D eigenvalue weighted by Gasteiger charge is -2.10. The van der Waals surface area contributed by atoms with E-state index < -0.39 is 11.2 Å². The Labute approximate surface area is 109 Å². The van der Waals surface area contributed by atoms with Gasteiger partial charge in [0.05, 0.1) is 20.8 Å². The van der Waals surface area contributed by atoms with Gasteiger partial charge in [0.1, 0.15) is 0 Å². The zero-order chi connectivity index (χ0) is 13.8. The highest BCUT2D eigenvalue weighted by atomic mass is 16.5. The summed E-state index contributed by atoms with van der Waals surface area (Å²) in [6.07, 6.45) is 1.46. The van der Waals surface area contributed by atoms with Crippen LogP contribution in [-0.2, 0) is 6.54 Å². The van der Waals surface area contributed by atoms with Gasteiger partial charge in [0.2, 0.25) is 0 Å². The Kier molecular flexibility index (Phi) is 3.70. The second-order valence-corrected chi connectivity index (χ2v) is 3.93. The van der Waals surface area contributed by atoms with Crippen molar-refractivity contribution in [2.45, 2.75) is 6.54 Å². The monoisotopic (exact) mass is 262 g/mol. The number of rotatable bonds is 4. The Morgan fingerprint density at radius 3 is 2.47 bits per heavy atom. The average molecular weight is 262 g/mol. The average Bonchev–Trinajstić information content (AvgIpc) is 2.41. The predicted octanol–water partition coefficient (Wildman–Crippen LogP) is 0.602. The number of aromatic nitrogens is 2. The maximum atomic E-state index is 11.6. The Hall–Kier alpha value is -2.50. The lowest BCUT2D eigenvalue weighted by molar-refractivity contribution is 0.354. The first-order valence-corrected chi connectivity index (χ1v) is 5.64. The first-order valence-electron chi connectivity index (χ1n) is 5.64. The van der Waals surface area contributed by atoms with Crippen LogP contribution in [0, 0.1) is 0 Å². The van der Waals surface area contributed by atoms with Gasteiger partial charge in [-0.2, -0.15) is 0 Å². The maximum Gasteiger partial charge on any atom is 0.328 e. The van der Waals surface area contributed by atoms with E-state index in [1.165, 1.54) is 16.8 Å². The molecule has 19 heavy (non-hydrogen) atoms. The zero-order valence-corrected chi connectivity index (χ0v) is 10.7. The lowest BCUT2D eigenvalue weighted by atomic mass is 10.2.